The van der Waals surface area contributed by atoms with Crippen LogP contribution in [0, 0.1) is 0 Å². The lowest BCUT2D eigenvalue weighted by molar-refractivity contribution is -0.117. The highest BCUT2D eigenvalue weighted by Crippen LogP contribution is 2.17. The van der Waals surface area contributed by atoms with Gasteiger partial charge in [-0.2, -0.15) is 0 Å². The van der Waals surface area contributed by atoms with Gasteiger partial charge in [-0.25, -0.2) is 0 Å². The van der Waals surface area contributed by atoms with E-state index in [4.69, 9.17) is 0 Å². The number of rotatable bonds is 3. The van der Waals surface area contributed by atoms with E-state index in [2.05, 4.69) is 22.8 Å². The van der Waals surface area contributed by atoms with Crippen molar-refractivity contribution in [1.82, 2.24) is 10.6 Å². The molecule has 122 valence electrons. The first-order valence-corrected chi connectivity index (χ1v) is 8.33. The van der Waals surface area contributed by atoms with Crippen molar-refractivity contribution in [2.75, 3.05) is 13.1 Å². The molecule has 3 rings (SSSR count). The van der Waals surface area contributed by atoms with E-state index in [0.717, 1.165) is 30.7 Å². The molecule has 0 spiro atoms. The number of nitrogens with one attached hydrogen (secondary N) is 2. The zero-order valence-corrected chi connectivity index (χ0v) is 13.6. The minimum atomic E-state index is -0.0143. The van der Waals surface area contributed by atoms with Crippen molar-refractivity contribution in [2.45, 2.75) is 12.5 Å². The van der Waals surface area contributed by atoms with Crippen LogP contribution in [-0.4, -0.2) is 25.0 Å². The van der Waals surface area contributed by atoms with Gasteiger partial charge >= 0.3 is 0 Å². The molecule has 2 aliphatic carbocycles. The smallest absolute Gasteiger partial charge is 0.251 e. The number of carbonyl (C=O) groups is 1. The van der Waals surface area contributed by atoms with Gasteiger partial charge < -0.3 is 10.6 Å². The molecule has 3 heteroatoms. The standard InChI is InChI=1S/C21H22N2O/c24-21(23-20-14-15-22-16-20)19-12-6-10-18(11-7-13-19)17-8-4-2-1-3-5-9-17/h1-13,20,22H,14-16H2,(H,23,24)/b2-1-,3-1?,4-2?,5-3-,8-4-,9-5?,10-6-,11-7?,12-6?,13-7-,17-8?,17-9+,18-10?,18-11+,19-12+,19-13?/t20-/m1/s1. The first-order chi connectivity index (χ1) is 11.8. The van der Waals surface area contributed by atoms with Crippen molar-refractivity contribution >= 4 is 5.91 Å². The molecule has 1 fully saturated rings. The molecule has 2 N–H and O–H groups in total. The van der Waals surface area contributed by atoms with Gasteiger partial charge in [-0.15, -0.1) is 0 Å². The van der Waals surface area contributed by atoms with Crippen LogP contribution in [0.4, 0.5) is 0 Å². The molecule has 3 nitrogen and oxygen atoms in total. The molecule has 1 atom stereocenters. The zero-order valence-electron chi connectivity index (χ0n) is 13.6. The first kappa shape index (κ1) is 16.2. The summed E-state index contributed by atoms with van der Waals surface area (Å²) in [5.74, 6) is -0.0143. The molecule has 0 radical (unpaired) electrons. The van der Waals surface area contributed by atoms with Crippen molar-refractivity contribution in [1.29, 1.82) is 0 Å². The minimum absolute atomic E-state index is 0.0143. The third-order valence-electron chi connectivity index (χ3n) is 4.09. The second kappa shape index (κ2) is 8.27. The van der Waals surface area contributed by atoms with Gasteiger partial charge in [-0.3, -0.25) is 4.79 Å². The molecule has 0 aromatic rings. The number of hydrogen-bond acceptors (Lipinski definition) is 2. The number of allylic oxidation sites excluding steroid dienone is 14. The fourth-order valence-corrected chi connectivity index (χ4v) is 2.77. The van der Waals surface area contributed by atoms with Gasteiger partial charge in [0.05, 0.1) is 0 Å². The molecule has 0 saturated carbocycles. The molecular weight excluding hydrogens is 296 g/mol. The Labute approximate surface area is 143 Å². The zero-order chi connectivity index (χ0) is 16.6. The Morgan fingerprint density at radius 2 is 1.58 bits per heavy atom. The van der Waals surface area contributed by atoms with E-state index in [1.165, 1.54) is 0 Å². The van der Waals surface area contributed by atoms with E-state index in [9.17, 15) is 4.79 Å². The maximum absolute atomic E-state index is 12.3. The maximum Gasteiger partial charge on any atom is 0.251 e. The van der Waals surface area contributed by atoms with Crippen LogP contribution in [0.25, 0.3) is 0 Å². The molecule has 1 heterocycles. The summed E-state index contributed by atoms with van der Waals surface area (Å²) in [6, 6.07) is 0.234. The van der Waals surface area contributed by atoms with Gasteiger partial charge in [0.2, 0.25) is 0 Å². The first-order valence-electron chi connectivity index (χ1n) is 8.33. The monoisotopic (exact) mass is 318 g/mol. The lowest BCUT2D eigenvalue weighted by Gasteiger charge is -2.12. The lowest BCUT2D eigenvalue weighted by Crippen LogP contribution is -2.36. The average molecular weight is 318 g/mol. The van der Waals surface area contributed by atoms with Crippen LogP contribution < -0.4 is 10.6 Å². The van der Waals surface area contributed by atoms with E-state index in [1.54, 1.807) is 0 Å². The SMILES string of the molecule is O=C(N[C@@H]1CCNC1)C1=C\C=C/C(C2=C/C=C\C=C/C=C\2)=C\C=C/1. The van der Waals surface area contributed by atoms with Crippen molar-refractivity contribution in [3.05, 3.63) is 95.7 Å². The predicted octanol–water partition coefficient (Wildman–Crippen LogP) is 3.05. The minimum Gasteiger partial charge on any atom is -0.348 e. The second-order valence-electron chi connectivity index (χ2n) is 5.88. The Morgan fingerprint density at radius 1 is 0.875 bits per heavy atom. The summed E-state index contributed by atoms with van der Waals surface area (Å²) in [4.78, 5) is 12.3. The highest BCUT2D eigenvalue weighted by Gasteiger charge is 2.17. The van der Waals surface area contributed by atoms with E-state index in [1.807, 2.05) is 66.8 Å². The van der Waals surface area contributed by atoms with Crippen LogP contribution >= 0.6 is 0 Å². The fourth-order valence-electron chi connectivity index (χ4n) is 2.77. The average Bonchev–Trinajstić information content (AvgIpc) is 3.00. The van der Waals surface area contributed by atoms with Crippen molar-refractivity contribution in [2.24, 2.45) is 0 Å². The number of amides is 1. The largest absolute Gasteiger partial charge is 0.348 e. The van der Waals surface area contributed by atoms with Gasteiger partial charge in [0.1, 0.15) is 0 Å². The summed E-state index contributed by atoms with van der Waals surface area (Å²) in [6.07, 6.45) is 26.9. The highest BCUT2D eigenvalue weighted by atomic mass is 16.1. The summed E-state index contributed by atoms with van der Waals surface area (Å²) >= 11 is 0. The maximum atomic E-state index is 12.3. The number of carbonyl (C=O) groups excluding carboxylic acids is 1. The molecule has 0 bridgehead atoms. The van der Waals surface area contributed by atoms with Crippen LogP contribution in [0.1, 0.15) is 6.42 Å². The highest BCUT2D eigenvalue weighted by molar-refractivity contribution is 5.96. The van der Waals surface area contributed by atoms with Crippen LogP contribution in [0.15, 0.2) is 95.7 Å². The van der Waals surface area contributed by atoms with Crippen LogP contribution in [0.2, 0.25) is 0 Å². The van der Waals surface area contributed by atoms with Crippen LogP contribution in [-0.2, 0) is 4.79 Å². The predicted molar refractivity (Wildman–Crippen MR) is 99.4 cm³/mol. The van der Waals surface area contributed by atoms with Gasteiger partial charge in [0.15, 0.2) is 0 Å². The Bertz CT molecular complexity index is 721. The summed E-state index contributed by atoms with van der Waals surface area (Å²) in [5, 5.41) is 6.33. The fraction of sp³-hybridized carbons (Fsp3) is 0.190. The molecule has 0 aromatic heterocycles. The van der Waals surface area contributed by atoms with Gasteiger partial charge in [-0.05, 0) is 36.3 Å². The van der Waals surface area contributed by atoms with Gasteiger partial charge in [0, 0.05) is 18.2 Å². The van der Waals surface area contributed by atoms with Crippen molar-refractivity contribution in [3.63, 3.8) is 0 Å². The molecule has 1 amide bonds. The van der Waals surface area contributed by atoms with Gasteiger partial charge in [0.25, 0.3) is 5.91 Å². The van der Waals surface area contributed by atoms with E-state index in [-0.39, 0.29) is 11.9 Å². The lowest BCUT2D eigenvalue weighted by atomic mass is 10.0. The Morgan fingerprint density at radius 3 is 2.42 bits per heavy atom. The normalized spacial score (nSPS) is 36.0. The summed E-state index contributed by atoms with van der Waals surface area (Å²) in [6.45, 7) is 1.82. The van der Waals surface area contributed by atoms with Crippen molar-refractivity contribution < 1.29 is 4.79 Å². The third-order valence-corrected chi connectivity index (χ3v) is 4.09. The topological polar surface area (TPSA) is 41.1 Å². The molecule has 0 unspecified atom stereocenters. The quantitative estimate of drug-likeness (QED) is 0.840. The summed E-state index contributed by atoms with van der Waals surface area (Å²) in [5.41, 5.74) is 2.92. The Balaban J connectivity index is 1.69. The molecule has 1 saturated heterocycles. The third kappa shape index (κ3) is 4.43. The Hall–Kier alpha value is -2.65. The van der Waals surface area contributed by atoms with E-state index in [0.29, 0.717) is 5.57 Å². The summed E-state index contributed by atoms with van der Waals surface area (Å²) in [7, 11) is 0. The van der Waals surface area contributed by atoms with E-state index < -0.39 is 0 Å². The molecule has 1 aliphatic heterocycles. The van der Waals surface area contributed by atoms with Crippen molar-refractivity contribution in [3.8, 4) is 0 Å². The molecule has 24 heavy (non-hydrogen) atoms. The van der Waals surface area contributed by atoms with Crippen LogP contribution in [0.3, 0.4) is 0 Å². The molecule has 3 aliphatic rings. The molecular formula is C21H22N2O. The van der Waals surface area contributed by atoms with Gasteiger partial charge in [-0.1, -0.05) is 66.8 Å². The molecule has 0 aromatic carbocycles. The second-order valence-corrected chi connectivity index (χ2v) is 5.88. The van der Waals surface area contributed by atoms with E-state index >= 15 is 0 Å². The Kier molecular flexibility index (Phi) is 5.59. The van der Waals surface area contributed by atoms with Crippen LogP contribution in [0.5, 0.6) is 0 Å². The summed E-state index contributed by atoms with van der Waals surface area (Å²) < 4.78 is 0. The number of hydrogen-bond donors (Lipinski definition) is 2.